The maximum absolute atomic E-state index is 2.69. The molecule has 8 aromatic rings. The van der Waals surface area contributed by atoms with Crippen LogP contribution in [0.1, 0.15) is 37.2 Å². The highest BCUT2D eigenvalue weighted by Gasteiger charge is 2.40. The molecule has 10 rings (SSSR count). The van der Waals surface area contributed by atoms with Crippen molar-refractivity contribution >= 4 is 55.0 Å². The Morgan fingerprint density at radius 2 is 0.844 bits per heavy atom. The average molecular weight is 580 g/mol. The van der Waals surface area contributed by atoms with Crippen LogP contribution in [-0.2, 0) is 0 Å². The van der Waals surface area contributed by atoms with Gasteiger partial charge in [0.15, 0.2) is 0 Å². The van der Waals surface area contributed by atoms with Gasteiger partial charge >= 0.3 is 0 Å². The van der Waals surface area contributed by atoms with Gasteiger partial charge in [-0.3, -0.25) is 0 Å². The molecule has 0 radical (unpaired) electrons. The minimum absolute atomic E-state index is 0.482. The summed E-state index contributed by atoms with van der Waals surface area (Å²) in [6.07, 6.45) is 5.10. The lowest BCUT2D eigenvalue weighted by Crippen LogP contribution is -2.32. The quantitative estimate of drug-likeness (QED) is 0.203. The van der Waals surface area contributed by atoms with Crippen LogP contribution in [0.4, 0.5) is 11.4 Å². The number of fused-ring (bicyclic) bond motifs is 9. The summed E-state index contributed by atoms with van der Waals surface area (Å²) in [6, 6.07) is 52.4. The van der Waals surface area contributed by atoms with Crippen LogP contribution in [0.15, 0.2) is 140 Å². The fourth-order valence-corrected chi connectivity index (χ4v) is 8.69. The molecule has 2 unspecified atom stereocenters. The predicted octanol–water partition coefficient (Wildman–Crippen LogP) is 11.1. The van der Waals surface area contributed by atoms with Crippen LogP contribution in [0.25, 0.3) is 55.0 Å². The Bertz CT molecular complexity index is 2190. The van der Waals surface area contributed by atoms with Gasteiger partial charge in [-0.25, -0.2) is 0 Å². The first-order valence-corrected chi connectivity index (χ1v) is 16.4. The predicted molar refractivity (Wildman–Crippen MR) is 189 cm³/mol. The molecule has 3 heterocycles. The van der Waals surface area contributed by atoms with E-state index in [2.05, 4.69) is 154 Å². The first-order chi connectivity index (χ1) is 22.3. The van der Waals surface area contributed by atoms with Crippen molar-refractivity contribution in [1.82, 2.24) is 9.13 Å². The minimum atomic E-state index is 0.482. The highest BCUT2D eigenvalue weighted by Crippen LogP contribution is 2.51. The molecule has 2 aliphatic rings. The Morgan fingerprint density at radius 3 is 1.38 bits per heavy atom. The number of para-hydroxylation sites is 5. The number of anilines is 2. The lowest BCUT2D eigenvalue weighted by atomic mass is 9.82. The molecule has 3 heteroatoms. The summed E-state index contributed by atoms with van der Waals surface area (Å²) in [4.78, 5) is 2.69. The molecule has 2 atom stereocenters. The molecule has 0 spiro atoms. The highest BCUT2D eigenvalue weighted by atomic mass is 15.2. The van der Waals surface area contributed by atoms with Crippen LogP contribution in [-0.4, -0.2) is 15.2 Å². The fraction of sp³-hybridized carbons (Fsp3) is 0.143. The monoisotopic (exact) mass is 579 g/mol. The molecule has 216 valence electrons. The third-order valence-electron chi connectivity index (χ3n) is 10.5. The molecule has 1 aliphatic carbocycles. The summed E-state index contributed by atoms with van der Waals surface area (Å²) in [5.74, 6) is 0.587. The van der Waals surface area contributed by atoms with Crippen molar-refractivity contribution in [2.75, 3.05) is 4.90 Å². The van der Waals surface area contributed by atoms with E-state index in [4.69, 9.17) is 0 Å². The van der Waals surface area contributed by atoms with Gasteiger partial charge in [-0.2, -0.15) is 0 Å². The van der Waals surface area contributed by atoms with Gasteiger partial charge < -0.3 is 14.0 Å². The number of nitrogens with zero attached hydrogens (tertiary/aromatic N) is 3. The summed E-state index contributed by atoms with van der Waals surface area (Å²) in [5.41, 5.74) is 11.5. The molecule has 1 aliphatic heterocycles. The van der Waals surface area contributed by atoms with Crippen molar-refractivity contribution in [3.8, 4) is 11.4 Å². The largest absolute Gasteiger partial charge is 0.337 e. The molecule has 0 saturated heterocycles. The SMILES string of the molecule is c1ccc2c(c1)C1CCCCC1N2c1cc(-n2c3ccccc3c3ccccc32)cc(-n2c3ccccc3c3ccccc32)c1. The van der Waals surface area contributed by atoms with Gasteiger partial charge in [0, 0.05) is 44.9 Å². The van der Waals surface area contributed by atoms with E-state index in [9.17, 15) is 0 Å². The van der Waals surface area contributed by atoms with Crippen LogP contribution in [0.3, 0.4) is 0 Å². The molecule has 0 N–H and O–H groups in total. The lowest BCUT2D eigenvalue weighted by Gasteiger charge is -2.34. The number of aromatic nitrogens is 2. The van der Waals surface area contributed by atoms with Gasteiger partial charge in [0.05, 0.1) is 33.4 Å². The molecule has 1 saturated carbocycles. The van der Waals surface area contributed by atoms with Gasteiger partial charge in [-0.1, -0.05) is 104 Å². The Balaban J connectivity index is 1.31. The van der Waals surface area contributed by atoms with E-state index in [1.165, 1.54) is 97.6 Å². The van der Waals surface area contributed by atoms with Crippen molar-refractivity contribution in [3.05, 3.63) is 145 Å². The number of benzene rings is 6. The molecule has 0 amide bonds. The molecule has 2 aromatic heterocycles. The highest BCUT2D eigenvalue weighted by molar-refractivity contribution is 6.10. The molecule has 6 aromatic carbocycles. The van der Waals surface area contributed by atoms with Crippen molar-refractivity contribution in [2.45, 2.75) is 37.6 Å². The van der Waals surface area contributed by atoms with E-state index in [0.717, 1.165) is 0 Å². The zero-order valence-electron chi connectivity index (χ0n) is 25.1. The second-order valence-electron chi connectivity index (χ2n) is 12.8. The van der Waals surface area contributed by atoms with Crippen molar-refractivity contribution < 1.29 is 0 Å². The maximum atomic E-state index is 2.69. The summed E-state index contributed by atoms with van der Waals surface area (Å²) >= 11 is 0. The Hall–Kier alpha value is -5.28. The zero-order chi connectivity index (χ0) is 29.5. The summed E-state index contributed by atoms with van der Waals surface area (Å²) < 4.78 is 4.96. The number of rotatable bonds is 3. The van der Waals surface area contributed by atoms with Gasteiger partial charge in [0.1, 0.15) is 0 Å². The van der Waals surface area contributed by atoms with E-state index in [0.29, 0.717) is 12.0 Å². The topological polar surface area (TPSA) is 13.1 Å². The standard InChI is InChI=1S/C42H33N3/c1-7-19-37-31(13-1)32-14-2-8-20-38(32)43(37)28-25-29(44-39-21-9-3-15-33(39)34-16-4-10-22-40(34)44)27-30(26-28)45-41-23-11-5-17-35(41)36-18-6-12-24-42(36)45/h1-5,7-11,13-17,19-23,25-27,36,42H,6,12,18,24H2. The van der Waals surface area contributed by atoms with Gasteiger partial charge in [-0.05, 0) is 66.9 Å². The third-order valence-corrected chi connectivity index (χ3v) is 10.5. The van der Waals surface area contributed by atoms with Gasteiger partial charge in [0.25, 0.3) is 0 Å². The Kier molecular flexibility index (Phi) is 5.36. The first-order valence-electron chi connectivity index (χ1n) is 16.4. The van der Waals surface area contributed by atoms with E-state index < -0.39 is 0 Å². The maximum Gasteiger partial charge on any atom is 0.0541 e. The first kappa shape index (κ1) is 25.1. The van der Waals surface area contributed by atoms with Crippen LogP contribution in [0, 0.1) is 0 Å². The summed E-state index contributed by atoms with van der Waals surface area (Å²) in [7, 11) is 0. The van der Waals surface area contributed by atoms with Crippen molar-refractivity contribution in [2.24, 2.45) is 0 Å². The molecule has 0 bridgehead atoms. The second-order valence-corrected chi connectivity index (χ2v) is 12.8. The number of hydrogen-bond acceptors (Lipinski definition) is 1. The smallest absolute Gasteiger partial charge is 0.0541 e. The fourth-order valence-electron chi connectivity index (χ4n) is 8.69. The summed E-state index contributed by atoms with van der Waals surface area (Å²) in [6.45, 7) is 0. The Labute approximate surface area is 262 Å². The third kappa shape index (κ3) is 3.58. The van der Waals surface area contributed by atoms with E-state index in [-0.39, 0.29) is 0 Å². The van der Waals surface area contributed by atoms with E-state index >= 15 is 0 Å². The average Bonchev–Trinajstić information content (AvgIpc) is 3.74. The minimum Gasteiger partial charge on any atom is -0.337 e. The molecule has 3 nitrogen and oxygen atoms in total. The normalized spacial score (nSPS) is 17.8. The molecule has 45 heavy (non-hydrogen) atoms. The van der Waals surface area contributed by atoms with Crippen LogP contribution in [0.2, 0.25) is 0 Å². The van der Waals surface area contributed by atoms with E-state index in [1.54, 1.807) is 0 Å². The van der Waals surface area contributed by atoms with Gasteiger partial charge in [-0.15, -0.1) is 0 Å². The molecular weight excluding hydrogens is 546 g/mol. The Morgan fingerprint density at radius 1 is 0.422 bits per heavy atom. The van der Waals surface area contributed by atoms with Crippen LogP contribution >= 0.6 is 0 Å². The lowest BCUT2D eigenvalue weighted by molar-refractivity contribution is 0.402. The van der Waals surface area contributed by atoms with E-state index in [1.807, 2.05) is 0 Å². The van der Waals surface area contributed by atoms with Crippen molar-refractivity contribution in [3.63, 3.8) is 0 Å². The van der Waals surface area contributed by atoms with Gasteiger partial charge in [0.2, 0.25) is 0 Å². The zero-order valence-corrected chi connectivity index (χ0v) is 25.1. The second kappa shape index (κ2) is 9.61. The number of hydrogen-bond donors (Lipinski definition) is 0. The van der Waals surface area contributed by atoms with Crippen molar-refractivity contribution in [1.29, 1.82) is 0 Å². The van der Waals surface area contributed by atoms with Crippen LogP contribution < -0.4 is 4.90 Å². The molecule has 1 fully saturated rings. The summed E-state index contributed by atoms with van der Waals surface area (Å²) in [5, 5.41) is 5.15. The molecular formula is C42H33N3. The van der Waals surface area contributed by atoms with Crippen LogP contribution in [0.5, 0.6) is 0 Å².